The summed E-state index contributed by atoms with van der Waals surface area (Å²) in [6, 6.07) is 17.0. The summed E-state index contributed by atoms with van der Waals surface area (Å²) in [7, 11) is 0. The van der Waals surface area contributed by atoms with Crippen molar-refractivity contribution in [2.45, 2.75) is 19.9 Å². The van der Waals surface area contributed by atoms with Gasteiger partial charge in [0.2, 0.25) is 11.8 Å². The molecular weight excluding hydrogens is 378 g/mol. The zero-order valence-electron chi connectivity index (χ0n) is 17.6. The van der Waals surface area contributed by atoms with Crippen LogP contribution in [0.5, 0.6) is 5.75 Å². The zero-order chi connectivity index (χ0) is 21.3. The van der Waals surface area contributed by atoms with Crippen LogP contribution in [-0.2, 0) is 9.59 Å². The van der Waals surface area contributed by atoms with Crippen LogP contribution in [0.1, 0.15) is 19.4 Å². The third-order valence-corrected chi connectivity index (χ3v) is 5.05. The van der Waals surface area contributed by atoms with Crippen molar-refractivity contribution in [3.8, 4) is 5.75 Å². The molecule has 0 aliphatic carbocycles. The minimum Gasteiger partial charge on any atom is -0.492 e. The lowest BCUT2D eigenvalue weighted by molar-refractivity contribution is -0.135. The number of nitrogens with one attached hydrogen (secondary N) is 1. The molecule has 1 heterocycles. The number of carbonyl (C=O) groups is 2. The fraction of sp³-hybridized carbons (Fsp3) is 0.333. The van der Waals surface area contributed by atoms with Crippen LogP contribution < -0.4 is 15.0 Å². The Bertz CT molecular complexity index is 874. The Kier molecular flexibility index (Phi) is 7.49. The molecule has 0 aromatic heterocycles. The standard InChI is InChI=1S/C24H29N3O3/c1-3-30-22-12-8-7-11-21(22)26-15-17-27(18-16-26)24(29)19(2)25-23(28)14-13-20-9-5-4-6-10-20/h4-14,19H,3,15-18H2,1-2H3,(H,25,28)/b14-13+. The number of benzene rings is 2. The number of carbonyl (C=O) groups excluding carboxylic acids is 2. The number of ether oxygens (including phenoxy) is 1. The quantitative estimate of drug-likeness (QED) is 0.717. The number of para-hydroxylation sites is 2. The number of hydrogen-bond acceptors (Lipinski definition) is 4. The van der Waals surface area contributed by atoms with Crippen LogP contribution in [0.2, 0.25) is 0 Å². The topological polar surface area (TPSA) is 61.9 Å². The highest BCUT2D eigenvalue weighted by Gasteiger charge is 2.26. The van der Waals surface area contributed by atoms with Gasteiger partial charge in [0.25, 0.3) is 0 Å². The van der Waals surface area contributed by atoms with Crippen LogP contribution in [-0.4, -0.2) is 55.5 Å². The van der Waals surface area contributed by atoms with Crippen LogP contribution in [0.25, 0.3) is 6.08 Å². The normalized spacial score (nSPS) is 15.1. The molecule has 1 atom stereocenters. The molecule has 2 amide bonds. The van der Waals surface area contributed by atoms with Gasteiger partial charge in [-0.3, -0.25) is 9.59 Å². The molecule has 158 valence electrons. The Morgan fingerprint density at radius 1 is 1.03 bits per heavy atom. The Morgan fingerprint density at radius 2 is 1.70 bits per heavy atom. The highest BCUT2D eigenvalue weighted by molar-refractivity contribution is 5.95. The lowest BCUT2D eigenvalue weighted by atomic mass is 10.2. The molecule has 2 aromatic rings. The Morgan fingerprint density at radius 3 is 2.40 bits per heavy atom. The van der Waals surface area contributed by atoms with Gasteiger partial charge in [0, 0.05) is 32.3 Å². The number of anilines is 1. The third kappa shape index (κ3) is 5.63. The van der Waals surface area contributed by atoms with E-state index in [0.29, 0.717) is 19.7 Å². The lowest BCUT2D eigenvalue weighted by Crippen LogP contribution is -2.54. The molecule has 30 heavy (non-hydrogen) atoms. The van der Waals surface area contributed by atoms with Crippen molar-refractivity contribution in [3.63, 3.8) is 0 Å². The minimum absolute atomic E-state index is 0.0609. The average molecular weight is 408 g/mol. The van der Waals surface area contributed by atoms with E-state index in [2.05, 4.69) is 10.2 Å². The second kappa shape index (κ2) is 10.5. The van der Waals surface area contributed by atoms with Crippen molar-refractivity contribution in [2.24, 2.45) is 0 Å². The van der Waals surface area contributed by atoms with Crippen molar-refractivity contribution < 1.29 is 14.3 Å². The van der Waals surface area contributed by atoms with Gasteiger partial charge in [0.1, 0.15) is 11.8 Å². The van der Waals surface area contributed by atoms with E-state index in [4.69, 9.17) is 4.74 Å². The number of nitrogens with zero attached hydrogens (tertiary/aromatic N) is 2. The van der Waals surface area contributed by atoms with Crippen molar-refractivity contribution in [2.75, 3.05) is 37.7 Å². The van der Waals surface area contributed by atoms with Crippen LogP contribution in [0.15, 0.2) is 60.7 Å². The summed E-state index contributed by atoms with van der Waals surface area (Å²) in [5.41, 5.74) is 1.99. The number of hydrogen-bond donors (Lipinski definition) is 1. The second-order valence-electron chi connectivity index (χ2n) is 7.19. The Balaban J connectivity index is 1.51. The predicted octanol–water partition coefficient (Wildman–Crippen LogP) is 2.95. The molecule has 1 saturated heterocycles. The first-order valence-corrected chi connectivity index (χ1v) is 10.4. The summed E-state index contributed by atoms with van der Waals surface area (Å²) >= 11 is 0. The smallest absolute Gasteiger partial charge is 0.244 e. The fourth-order valence-corrected chi connectivity index (χ4v) is 3.50. The van der Waals surface area contributed by atoms with E-state index < -0.39 is 6.04 Å². The van der Waals surface area contributed by atoms with Gasteiger partial charge >= 0.3 is 0 Å². The van der Waals surface area contributed by atoms with E-state index in [1.807, 2.05) is 66.4 Å². The number of rotatable bonds is 7. The molecule has 0 radical (unpaired) electrons. The molecule has 1 fully saturated rings. The van der Waals surface area contributed by atoms with Gasteiger partial charge in [-0.05, 0) is 37.6 Å². The molecule has 0 spiro atoms. The molecule has 3 rings (SSSR count). The molecular formula is C24H29N3O3. The second-order valence-corrected chi connectivity index (χ2v) is 7.19. The van der Waals surface area contributed by atoms with E-state index >= 15 is 0 Å². The maximum Gasteiger partial charge on any atom is 0.244 e. The van der Waals surface area contributed by atoms with Crippen molar-refractivity contribution in [3.05, 3.63) is 66.2 Å². The van der Waals surface area contributed by atoms with Gasteiger partial charge in [-0.1, -0.05) is 42.5 Å². The number of amides is 2. The van der Waals surface area contributed by atoms with Crippen LogP contribution in [0, 0.1) is 0 Å². The van der Waals surface area contributed by atoms with Gasteiger partial charge in [-0.15, -0.1) is 0 Å². The minimum atomic E-state index is -0.569. The summed E-state index contributed by atoms with van der Waals surface area (Å²) in [6.45, 7) is 6.99. The van der Waals surface area contributed by atoms with Gasteiger partial charge < -0.3 is 19.9 Å². The van der Waals surface area contributed by atoms with Gasteiger partial charge in [0.15, 0.2) is 0 Å². The highest BCUT2D eigenvalue weighted by Crippen LogP contribution is 2.28. The summed E-state index contributed by atoms with van der Waals surface area (Å²) in [4.78, 5) is 29.0. The van der Waals surface area contributed by atoms with Crippen LogP contribution in [0.4, 0.5) is 5.69 Å². The Hall–Kier alpha value is -3.28. The molecule has 6 nitrogen and oxygen atoms in total. The van der Waals surface area contributed by atoms with Gasteiger partial charge in [0.05, 0.1) is 12.3 Å². The largest absolute Gasteiger partial charge is 0.492 e. The van der Waals surface area contributed by atoms with E-state index in [0.717, 1.165) is 30.1 Å². The monoisotopic (exact) mass is 407 g/mol. The predicted molar refractivity (Wildman–Crippen MR) is 119 cm³/mol. The Labute approximate surface area is 178 Å². The summed E-state index contributed by atoms with van der Waals surface area (Å²) in [5.74, 6) is 0.531. The summed E-state index contributed by atoms with van der Waals surface area (Å²) < 4.78 is 5.73. The maximum atomic E-state index is 12.8. The SMILES string of the molecule is CCOc1ccccc1N1CCN(C(=O)C(C)NC(=O)/C=C/c2ccccc2)CC1. The lowest BCUT2D eigenvalue weighted by Gasteiger charge is -2.37. The number of piperazine rings is 1. The van der Waals surface area contributed by atoms with Crippen LogP contribution >= 0.6 is 0 Å². The molecule has 1 aliphatic rings. The van der Waals surface area contributed by atoms with Crippen molar-refractivity contribution >= 4 is 23.6 Å². The molecule has 2 aromatic carbocycles. The first-order chi connectivity index (χ1) is 14.6. The molecule has 0 saturated carbocycles. The highest BCUT2D eigenvalue weighted by atomic mass is 16.5. The molecule has 1 aliphatic heterocycles. The first-order valence-electron chi connectivity index (χ1n) is 10.4. The zero-order valence-corrected chi connectivity index (χ0v) is 17.6. The van der Waals surface area contributed by atoms with Gasteiger partial charge in [-0.2, -0.15) is 0 Å². The maximum absolute atomic E-state index is 12.8. The fourth-order valence-electron chi connectivity index (χ4n) is 3.50. The van der Waals surface area contributed by atoms with E-state index in [1.54, 1.807) is 13.0 Å². The van der Waals surface area contributed by atoms with Crippen LogP contribution in [0.3, 0.4) is 0 Å². The molecule has 1 unspecified atom stereocenters. The summed E-state index contributed by atoms with van der Waals surface area (Å²) in [5, 5.41) is 2.77. The van der Waals surface area contributed by atoms with E-state index in [-0.39, 0.29) is 11.8 Å². The van der Waals surface area contributed by atoms with Gasteiger partial charge in [-0.25, -0.2) is 0 Å². The molecule has 0 bridgehead atoms. The molecule has 1 N–H and O–H groups in total. The van der Waals surface area contributed by atoms with Crippen molar-refractivity contribution in [1.82, 2.24) is 10.2 Å². The first kappa shape index (κ1) is 21.4. The van der Waals surface area contributed by atoms with E-state index in [1.165, 1.54) is 6.08 Å². The van der Waals surface area contributed by atoms with E-state index in [9.17, 15) is 9.59 Å². The third-order valence-electron chi connectivity index (χ3n) is 5.05. The summed E-state index contributed by atoms with van der Waals surface area (Å²) in [6.07, 6.45) is 3.20. The molecule has 6 heteroatoms. The average Bonchev–Trinajstić information content (AvgIpc) is 2.78. The van der Waals surface area contributed by atoms with Crippen molar-refractivity contribution in [1.29, 1.82) is 0 Å².